The minimum Gasteiger partial charge on any atom is -0.392 e. The minimum absolute atomic E-state index is 0.0445. The van der Waals surface area contributed by atoms with E-state index in [1.54, 1.807) is 0 Å². The monoisotopic (exact) mass is 319 g/mol. The Kier molecular flexibility index (Phi) is 3.08. The third-order valence-electron chi connectivity index (χ3n) is 7.23. The SMILES string of the molecule is C[C@]12C=CC(O)C=C1CC(O)[C@@H]1C2=CC[C@@]2(C)[C@H]1CCC2(N)F. The Hall–Kier alpha value is -0.970. The molecule has 126 valence electrons. The van der Waals surface area contributed by atoms with Gasteiger partial charge in [0.25, 0.3) is 0 Å². The van der Waals surface area contributed by atoms with E-state index < -0.39 is 23.4 Å². The second-order valence-corrected chi connectivity index (χ2v) is 8.33. The highest BCUT2D eigenvalue weighted by atomic mass is 19.1. The van der Waals surface area contributed by atoms with Crippen molar-refractivity contribution in [1.29, 1.82) is 0 Å². The molecule has 0 amide bonds. The van der Waals surface area contributed by atoms with Crippen molar-refractivity contribution in [3.63, 3.8) is 0 Å². The molecule has 3 unspecified atom stereocenters. The van der Waals surface area contributed by atoms with Crippen LogP contribution < -0.4 is 5.73 Å². The predicted molar refractivity (Wildman–Crippen MR) is 87.0 cm³/mol. The second-order valence-electron chi connectivity index (χ2n) is 8.33. The van der Waals surface area contributed by atoms with Gasteiger partial charge in [-0.3, -0.25) is 5.73 Å². The standard InChI is InChI=1S/C19H26FNO2/c1-17-6-3-12(22)9-11(17)10-15(23)16-13(17)4-7-18(2)14(16)5-8-19(18,20)21/h3-4,6,9,12,14-16,22-23H,5,7-8,10,21H2,1-2H3/t12?,14-,15?,16+,17-,18-,19?/m0/s1. The number of alkyl halides is 1. The normalized spacial score (nSPS) is 54.7. The molecule has 0 bridgehead atoms. The van der Waals surface area contributed by atoms with Crippen LogP contribution >= 0.6 is 0 Å². The van der Waals surface area contributed by atoms with Crippen LogP contribution in [0, 0.1) is 22.7 Å². The lowest BCUT2D eigenvalue weighted by Gasteiger charge is -2.54. The molecule has 23 heavy (non-hydrogen) atoms. The van der Waals surface area contributed by atoms with Crippen molar-refractivity contribution >= 4 is 0 Å². The van der Waals surface area contributed by atoms with Crippen LogP contribution in [0.5, 0.6) is 0 Å². The van der Waals surface area contributed by atoms with Gasteiger partial charge in [0.2, 0.25) is 0 Å². The molecule has 4 rings (SSSR count). The molecule has 2 saturated carbocycles. The largest absolute Gasteiger partial charge is 0.392 e. The predicted octanol–water partition coefficient (Wildman–Crippen LogP) is 2.60. The summed E-state index contributed by atoms with van der Waals surface area (Å²) >= 11 is 0. The molecule has 2 fully saturated rings. The van der Waals surface area contributed by atoms with Crippen molar-refractivity contribution in [2.24, 2.45) is 28.4 Å². The first kappa shape index (κ1) is 15.6. The van der Waals surface area contributed by atoms with Crippen molar-refractivity contribution in [2.75, 3.05) is 0 Å². The molecule has 0 heterocycles. The third kappa shape index (κ3) is 1.86. The maximum Gasteiger partial charge on any atom is 0.165 e. The summed E-state index contributed by atoms with van der Waals surface area (Å²) in [7, 11) is 0. The smallest absolute Gasteiger partial charge is 0.165 e. The average Bonchev–Trinajstić information content (AvgIpc) is 2.72. The maximum atomic E-state index is 14.9. The number of halogens is 1. The maximum absolute atomic E-state index is 14.9. The highest BCUT2D eigenvalue weighted by molar-refractivity contribution is 5.46. The first-order chi connectivity index (χ1) is 10.7. The summed E-state index contributed by atoms with van der Waals surface area (Å²) in [6.45, 7) is 4.09. The second kappa shape index (κ2) is 4.56. The zero-order chi connectivity index (χ0) is 16.6. The van der Waals surface area contributed by atoms with E-state index in [0.717, 1.165) is 12.0 Å². The highest BCUT2D eigenvalue weighted by Crippen LogP contribution is 2.64. The molecule has 0 spiro atoms. The molecular weight excluding hydrogens is 293 g/mol. The fraction of sp³-hybridized carbons (Fsp3) is 0.684. The lowest BCUT2D eigenvalue weighted by atomic mass is 9.52. The Bertz CT molecular complexity index is 637. The number of hydrogen-bond acceptors (Lipinski definition) is 3. The molecule has 4 aliphatic rings. The Balaban J connectivity index is 1.82. The van der Waals surface area contributed by atoms with Gasteiger partial charge in [0.1, 0.15) is 0 Å². The Morgan fingerprint density at radius 3 is 2.78 bits per heavy atom. The van der Waals surface area contributed by atoms with Gasteiger partial charge in [0.15, 0.2) is 5.79 Å². The van der Waals surface area contributed by atoms with E-state index in [-0.39, 0.29) is 17.3 Å². The summed E-state index contributed by atoms with van der Waals surface area (Å²) in [5.41, 5.74) is 7.38. The van der Waals surface area contributed by atoms with Crippen molar-refractivity contribution in [1.82, 2.24) is 0 Å². The van der Waals surface area contributed by atoms with Crippen LogP contribution in [0.3, 0.4) is 0 Å². The fourth-order valence-corrected chi connectivity index (χ4v) is 5.63. The molecule has 3 nitrogen and oxygen atoms in total. The Labute approximate surface area is 136 Å². The summed E-state index contributed by atoms with van der Waals surface area (Å²) in [6.07, 6.45) is 8.97. The molecule has 7 atom stereocenters. The van der Waals surface area contributed by atoms with Gasteiger partial charge in [-0.25, -0.2) is 4.39 Å². The van der Waals surface area contributed by atoms with Crippen molar-refractivity contribution in [2.45, 2.75) is 57.5 Å². The first-order valence-electron chi connectivity index (χ1n) is 8.64. The van der Waals surface area contributed by atoms with E-state index in [1.165, 1.54) is 5.57 Å². The first-order valence-corrected chi connectivity index (χ1v) is 8.64. The summed E-state index contributed by atoms with van der Waals surface area (Å²) in [4.78, 5) is 0. The lowest BCUT2D eigenvalue weighted by Crippen LogP contribution is -2.55. The molecule has 0 radical (unpaired) electrons. The fourth-order valence-electron chi connectivity index (χ4n) is 5.63. The van der Waals surface area contributed by atoms with Gasteiger partial charge in [-0.05, 0) is 38.5 Å². The molecule has 4 N–H and O–H groups in total. The van der Waals surface area contributed by atoms with Crippen LogP contribution in [-0.4, -0.2) is 28.2 Å². The van der Waals surface area contributed by atoms with Crippen LogP contribution in [0.1, 0.15) is 39.5 Å². The minimum atomic E-state index is -1.66. The van der Waals surface area contributed by atoms with E-state index in [4.69, 9.17) is 5.73 Å². The van der Waals surface area contributed by atoms with Gasteiger partial charge in [0.05, 0.1) is 12.2 Å². The molecular formula is C19H26FNO2. The number of nitrogens with two attached hydrogens (primary N) is 1. The number of aliphatic hydroxyl groups is 2. The van der Waals surface area contributed by atoms with Crippen LogP contribution in [0.15, 0.2) is 35.5 Å². The molecule has 0 aromatic heterocycles. The number of aliphatic hydroxyl groups excluding tert-OH is 2. The summed E-state index contributed by atoms with van der Waals surface area (Å²) in [5.74, 6) is -1.63. The Morgan fingerprint density at radius 1 is 1.30 bits per heavy atom. The van der Waals surface area contributed by atoms with E-state index in [9.17, 15) is 14.6 Å². The number of allylic oxidation sites excluding steroid dienone is 2. The summed E-state index contributed by atoms with van der Waals surface area (Å²) in [6, 6.07) is 0. The van der Waals surface area contributed by atoms with Crippen LogP contribution in [0.4, 0.5) is 4.39 Å². The van der Waals surface area contributed by atoms with Gasteiger partial charge >= 0.3 is 0 Å². The van der Waals surface area contributed by atoms with Gasteiger partial charge in [-0.2, -0.15) is 0 Å². The van der Waals surface area contributed by atoms with Crippen molar-refractivity contribution in [3.05, 3.63) is 35.5 Å². The van der Waals surface area contributed by atoms with Crippen LogP contribution in [0.25, 0.3) is 0 Å². The zero-order valence-electron chi connectivity index (χ0n) is 13.8. The quantitative estimate of drug-likeness (QED) is 0.475. The average molecular weight is 319 g/mol. The van der Waals surface area contributed by atoms with Gasteiger partial charge in [-0.15, -0.1) is 0 Å². The Morgan fingerprint density at radius 2 is 2.04 bits per heavy atom. The highest BCUT2D eigenvalue weighted by Gasteiger charge is 2.62. The molecule has 0 saturated heterocycles. The summed E-state index contributed by atoms with van der Waals surface area (Å²) < 4.78 is 14.9. The topological polar surface area (TPSA) is 66.5 Å². The zero-order valence-corrected chi connectivity index (χ0v) is 13.8. The van der Waals surface area contributed by atoms with Crippen molar-refractivity contribution in [3.8, 4) is 0 Å². The molecule has 4 heteroatoms. The van der Waals surface area contributed by atoms with Crippen LogP contribution in [-0.2, 0) is 0 Å². The number of rotatable bonds is 0. The number of fused-ring (bicyclic) bond motifs is 5. The molecule has 0 aromatic carbocycles. The van der Waals surface area contributed by atoms with E-state index >= 15 is 0 Å². The van der Waals surface area contributed by atoms with Crippen molar-refractivity contribution < 1.29 is 14.6 Å². The molecule has 0 aliphatic heterocycles. The molecule has 4 aliphatic carbocycles. The van der Waals surface area contributed by atoms with Crippen LogP contribution in [0.2, 0.25) is 0 Å². The molecule has 0 aromatic rings. The van der Waals surface area contributed by atoms with Gasteiger partial charge in [0, 0.05) is 16.7 Å². The van der Waals surface area contributed by atoms with E-state index in [1.807, 2.05) is 19.1 Å². The van der Waals surface area contributed by atoms with E-state index in [0.29, 0.717) is 19.3 Å². The summed E-state index contributed by atoms with van der Waals surface area (Å²) in [5, 5.41) is 20.7. The van der Waals surface area contributed by atoms with E-state index in [2.05, 4.69) is 19.1 Å². The van der Waals surface area contributed by atoms with Gasteiger partial charge < -0.3 is 10.2 Å². The lowest BCUT2D eigenvalue weighted by molar-refractivity contribution is -0.0395. The van der Waals surface area contributed by atoms with Gasteiger partial charge in [-0.1, -0.05) is 42.4 Å². The third-order valence-corrected chi connectivity index (χ3v) is 7.23. The number of hydrogen-bond donors (Lipinski definition) is 3.